The number of aliphatic imine (C=N–C) groups is 1. The predicted molar refractivity (Wildman–Crippen MR) is 59.1 cm³/mol. The fraction of sp³-hybridized carbons (Fsp3) is 0.500. The zero-order valence-corrected chi connectivity index (χ0v) is 9.30. The number of carbonyl (C=O) groups excluding carboxylic acids is 1. The molecule has 0 unspecified atom stereocenters. The number of carboxylic acid groups (broad SMARTS) is 1. The van der Waals surface area contributed by atoms with Crippen LogP contribution in [0.4, 0.5) is 0 Å². The first-order valence-electron chi connectivity index (χ1n) is 5.00. The quantitative estimate of drug-likeness (QED) is 0.695. The third kappa shape index (κ3) is 3.72. The molecule has 0 aromatic heterocycles. The summed E-state index contributed by atoms with van der Waals surface area (Å²) in [7, 11) is 0. The van der Waals surface area contributed by atoms with Gasteiger partial charge in [0.25, 0.3) is 0 Å². The number of amides is 1. The normalized spacial score (nSPS) is 14.9. The lowest BCUT2D eigenvalue weighted by molar-refractivity contribution is -0.133. The highest BCUT2D eigenvalue weighted by molar-refractivity contribution is 5.89. The molecule has 1 amide bonds. The number of carboxylic acids is 1. The van der Waals surface area contributed by atoms with Crippen LogP contribution in [0.1, 0.15) is 13.8 Å². The Hall–Kier alpha value is -1.85. The minimum atomic E-state index is -1.09. The van der Waals surface area contributed by atoms with E-state index in [-0.39, 0.29) is 24.2 Å². The highest BCUT2D eigenvalue weighted by Crippen LogP contribution is 2.04. The zero-order valence-electron chi connectivity index (χ0n) is 9.30. The molecular weight excluding hydrogens is 210 g/mol. The van der Waals surface area contributed by atoms with Crippen molar-refractivity contribution in [2.45, 2.75) is 19.9 Å². The summed E-state index contributed by atoms with van der Waals surface area (Å²) in [6.45, 7) is 4.32. The molecule has 0 radical (unpaired) electrons. The molecule has 6 nitrogen and oxygen atoms in total. The standard InChI is InChI=1S/C10H15N3O3/c1-7(2)12-9(14)6-13-4-3-11-8(5-13)10(15)16/h3,5,7H,4,6H2,1-2H3,(H,12,14)(H,15,16). The van der Waals surface area contributed by atoms with E-state index in [2.05, 4.69) is 10.3 Å². The molecule has 0 spiro atoms. The molecule has 6 heteroatoms. The van der Waals surface area contributed by atoms with Crippen LogP contribution in [0.25, 0.3) is 0 Å². The summed E-state index contributed by atoms with van der Waals surface area (Å²) in [4.78, 5) is 27.4. The number of hydrogen-bond donors (Lipinski definition) is 2. The van der Waals surface area contributed by atoms with Gasteiger partial charge < -0.3 is 15.3 Å². The van der Waals surface area contributed by atoms with Crippen molar-refractivity contribution in [1.82, 2.24) is 10.2 Å². The minimum absolute atomic E-state index is 0.0522. The summed E-state index contributed by atoms with van der Waals surface area (Å²) in [5, 5.41) is 11.5. The van der Waals surface area contributed by atoms with Crippen molar-refractivity contribution in [2.24, 2.45) is 4.99 Å². The van der Waals surface area contributed by atoms with Crippen molar-refractivity contribution in [3.63, 3.8) is 0 Å². The second-order valence-electron chi connectivity index (χ2n) is 3.78. The molecule has 1 heterocycles. The van der Waals surface area contributed by atoms with Crippen LogP contribution in [0.2, 0.25) is 0 Å². The summed E-state index contributed by atoms with van der Waals surface area (Å²) >= 11 is 0. The van der Waals surface area contributed by atoms with Gasteiger partial charge in [0.15, 0.2) is 5.70 Å². The second-order valence-corrected chi connectivity index (χ2v) is 3.78. The molecule has 0 saturated carbocycles. The number of carbonyl (C=O) groups is 2. The summed E-state index contributed by atoms with van der Waals surface area (Å²) < 4.78 is 0. The Labute approximate surface area is 93.7 Å². The van der Waals surface area contributed by atoms with Gasteiger partial charge >= 0.3 is 5.97 Å². The highest BCUT2D eigenvalue weighted by Gasteiger charge is 2.14. The van der Waals surface area contributed by atoms with Gasteiger partial charge in [-0.15, -0.1) is 0 Å². The largest absolute Gasteiger partial charge is 0.476 e. The Bertz CT molecular complexity index is 347. The average Bonchev–Trinajstić information content (AvgIpc) is 2.16. The molecule has 0 aromatic carbocycles. The van der Waals surface area contributed by atoms with Crippen molar-refractivity contribution >= 4 is 18.1 Å². The molecule has 0 aromatic rings. The fourth-order valence-electron chi connectivity index (χ4n) is 1.28. The van der Waals surface area contributed by atoms with Gasteiger partial charge in [0.2, 0.25) is 5.91 Å². The van der Waals surface area contributed by atoms with E-state index in [1.165, 1.54) is 12.4 Å². The van der Waals surface area contributed by atoms with E-state index in [9.17, 15) is 9.59 Å². The maximum absolute atomic E-state index is 11.4. The highest BCUT2D eigenvalue weighted by atomic mass is 16.4. The molecule has 1 aliphatic heterocycles. The Kier molecular flexibility index (Phi) is 4.04. The van der Waals surface area contributed by atoms with Crippen LogP contribution in [-0.2, 0) is 9.59 Å². The van der Waals surface area contributed by atoms with Gasteiger partial charge in [-0.25, -0.2) is 4.79 Å². The summed E-state index contributed by atoms with van der Waals surface area (Å²) in [6, 6.07) is 0.0777. The van der Waals surface area contributed by atoms with Crippen molar-refractivity contribution < 1.29 is 14.7 Å². The third-order valence-corrected chi connectivity index (χ3v) is 1.87. The van der Waals surface area contributed by atoms with Gasteiger partial charge in [0.1, 0.15) is 0 Å². The molecule has 0 saturated heterocycles. The van der Waals surface area contributed by atoms with Gasteiger partial charge in [-0.3, -0.25) is 9.79 Å². The first-order valence-corrected chi connectivity index (χ1v) is 5.00. The molecule has 2 N–H and O–H groups in total. The number of hydrogen-bond acceptors (Lipinski definition) is 4. The van der Waals surface area contributed by atoms with Crippen LogP contribution in [0.15, 0.2) is 16.9 Å². The molecular formula is C10H15N3O3. The Morgan fingerprint density at radius 3 is 2.88 bits per heavy atom. The van der Waals surface area contributed by atoms with Crippen LogP contribution in [-0.4, -0.2) is 47.2 Å². The van der Waals surface area contributed by atoms with Gasteiger partial charge in [-0.1, -0.05) is 0 Å². The molecule has 0 fully saturated rings. The smallest absolute Gasteiger partial charge is 0.355 e. The first kappa shape index (κ1) is 12.2. The molecule has 88 valence electrons. The van der Waals surface area contributed by atoms with Gasteiger partial charge in [0.05, 0.1) is 13.1 Å². The van der Waals surface area contributed by atoms with Crippen LogP contribution in [0.3, 0.4) is 0 Å². The number of rotatable bonds is 4. The zero-order chi connectivity index (χ0) is 12.1. The maximum Gasteiger partial charge on any atom is 0.355 e. The van der Waals surface area contributed by atoms with E-state index in [0.29, 0.717) is 6.54 Å². The monoisotopic (exact) mass is 225 g/mol. The van der Waals surface area contributed by atoms with Crippen molar-refractivity contribution in [3.8, 4) is 0 Å². The second kappa shape index (κ2) is 5.29. The van der Waals surface area contributed by atoms with E-state index in [0.717, 1.165) is 0 Å². The van der Waals surface area contributed by atoms with Crippen molar-refractivity contribution in [3.05, 3.63) is 11.9 Å². The lowest BCUT2D eigenvalue weighted by Crippen LogP contribution is -2.39. The predicted octanol–water partition coefficient (Wildman–Crippen LogP) is -0.177. The van der Waals surface area contributed by atoms with Gasteiger partial charge in [0, 0.05) is 18.5 Å². The first-order chi connectivity index (χ1) is 7.49. The Morgan fingerprint density at radius 1 is 1.62 bits per heavy atom. The lowest BCUT2D eigenvalue weighted by Gasteiger charge is -2.21. The third-order valence-electron chi connectivity index (χ3n) is 1.87. The van der Waals surface area contributed by atoms with Crippen LogP contribution >= 0.6 is 0 Å². The SMILES string of the molecule is CC(C)NC(=O)CN1C=C(C(=O)O)N=CC1. The molecule has 16 heavy (non-hydrogen) atoms. The maximum atomic E-state index is 11.4. The van der Waals surface area contributed by atoms with E-state index in [4.69, 9.17) is 5.11 Å². The van der Waals surface area contributed by atoms with E-state index in [1.54, 1.807) is 4.90 Å². The number of aliphatic carboxylic acids is 1. The van der Waals surface area contributed by atoms with Gasteiger partial charge in [-0.05, 0) is 13.8 Å². The minimum Gasteiger partial charge on any atom is -0.476 e. The lowest BCUT2D eigenvalue weighted by atomic mass is 10.3. The molecule has 0 bridgehead atoms. The van der Waals surface area contributed by atoms with E-state index < -0.39 is 5.97 Å². The summed E-state index contributed by atoms with van der Waals surface area (Å²) in [5.74, 6) is -1.23. The fourth-order valence-corrected chi connectivity index (χ4v) is 1.28. The molecule has 0 atom stereocenters. The average molecular weight is 225 g/mol. The topological polar surface area (TPSA) is 82.0 Å². The van der Waals surface area contributed by atoms with Crippen LogP contribution in [0, 0.1) is 0 Å². The van der Waals surface area contributed by atoms with Crippen LogP contribution < -0.4 is 5.32 Å². The molecule has 1 aliphatic rings. The van der Waals surface area contributed by atoms with E-state index >= 15 is 0 Å². The van der Waals surface area contributed by atoms with Crippen LogP contribution in [0.5, 0.6) is 0 Å². The van der Waals surface area contributed by atoms with E-state index in [1.807, 2.05) is 13.8 Å². The van der Waals surface area contributed by atoms with Crippen molar-refractivity contribution in [1.29, 1.82) is 0 Å². The Morgan fingerprint density at radius 2 is 2.31 bits per heavy atom. The molecule has 0 aliphatic carbocycles. The number of nitrogens with zero attached hydrogens (tertiary/aromatic N) is 2. The summed E-state index contributed by atoms with van der Waals surface area (Å²) in [5.41, 5.74) is -0.0522. The van der Waals surface area contributed by atoms with Gasteiger partial charge in [-0.2, -0.15) is 0 Å². The molecule has 1 rings (SSSR count). The summed E-state index contributed by atoms with van der Waals surface area (Å²) in [6.07, 6.45) is 2.86. The van der Waals surface area contributed by atoms with Crippen molar-refractivity contribution in [2.75, 3.05) is 13.1 Å². The Balaban J connectivity index is 2.53. The number of nitrogens with one attached hydrogen (secondary N) is 1.